The van der Waals surface area contributed by atoms with Gasteiger partial charge in [0.25, 0.3) is 5.91 Å². The molecule has 0 aliphatic rings. The number of hydrogen-bond acceptors (Lipinski definition) is 3. The number of aliphatic hydroxyl groups is 1. The third kappa shape index (κ3) is 2.41. The Hall–Kier alpha value is -0.810. The van der Waals surface area contributed by atoms with E-state index < -0.39 is 5.54 Å². The molecule has 0 bridgehead atoms. The lowest BCUT2D eigenvalue weighted by atomic mass is 10.0. The van der Waals surface area contributed by atoms with E-state index in [0.29, 0.717) is 10.2 Å². The maximum absolute atomic E-state index is 12.0. The highest BCUT2D eigenvalue weighted by Gasteiger charge is 2.29. The second-order valence-corrected chi connectivity index (χ2v) is 4.66. The van der Waals surface area contributed by atoms with Crippen molar-refractivity contribution >= 4 is 21.8 Å². The molecule has 0 atom stereocenters. The van der Waals surface area contributed by atoms with Gasteiger partial charge in [0.1, 0.15) is 0 Å². The van der Waals surface area contributed by atoms with Crippen LogP contribution in [0.25, 0.3) is 0 Å². The SMILES string of the molecule is CN(C(=O)c1ccoc1Br)C(C)(C)CO. The van der Waals surface area contributed by atoms with Gasteiger partial charge in [-0.15, -0.1) is 0 Å². The monoisotopic (exact) mass is 275 g/mol. The third-order valence-corrected chi connectivity index (χ3v) is 3.06. The van der Waals surface area contributed by atoms with Crippen LogP contribution >= 0.6 is 15.9 Å². The zero-order valence-electron chi connectivity index (χ0n) is 8.95. The van der Waals surface area contributed by atoms with Crippen LogP contribution in [0.4, 0.5) is 0 Å². The average molecular weight is 276 g/mol. The van der Waals surface area contributed by atoms with Gasteiger partial charge in [0.15, 0.2) is 4.67 Å². The predicted octanol–water partition coefficient (Wildman–Crippen LogP) is 1.89. The molecule has 0 aliphatic heterocycles. The Morgan fingerprint density at radius 1 is 1.67 bits per heavy atom. The van der Waals surface area contributed by atoms with Crippen LogP contribution in [0.3, 0.4) is 0 Å². The molecule has 0 saturated heterocycles. The smallest absolute Gasteiger partial charge is 0.258 e. The third-order valence-electron chi connectivity index (χ3n) is 2.45. The summed E-state index contributed by atoms with van der Waals surface area (Å²) < 4.78 is 5.40. The highest BCUT2D eigenvalue weighted by Crippen LogP contribution is 2.22. The molecule has 5 heteroatoms. The summed E-state index contributed by atoms with van der Waals surface area (Å²) in [6, 6.07) is 1.59. The second-order valence-electron chi connectivity index (χ2n) is 3.94. The Morgan fingerprint density at radius 3 is 2.67 bits per heavy atom. The summed E-state index contributed by atoms with van der Waals surface area (Å²) in [5.74, 6) is -0.185. The summed E-state index contributed by atoms with van der Waals surface area (Å²) in [6.45, 7) is 3.49. The quantitative estimate of drug-likeness (QED) is 0.917. The number of furan rings is 1. The Morgan fingerprint density at radius 2 is 2.27 bits per heavy atom. The van der Waals surface area contributed by atoms with Crippen molar-refractivity contribution in [2.75, 3.05) is 13.7 Å². The topological polar surface area (TPSA) is 53.7 Å². The van der Waals surface area contributed by atoms with Crippen LogP contribution in [-0.4, -0.2) is 35.1 Å². The first-order chi connectivity index (χ1) is 6.90. The Labute approximate surface area is 97.0 Å². The first-order valence-corrected chi connectivity index (χ1v) is 5.31. The first kappa shape index (κ1) is 12.3. The van der Waals surface area contributed by atoms with E-state index in [1.165, 1.54) is 11.2 Å². The molecule has 0 saturated carbocycles. The van der Waals surface area contributed by atoms with Gasteiger partial charge in [-0.25, -0.2) is 0 Å². The predicted molar refractivity (Wildman–Crippen MR) is 59.7 cm³/mol. The van der Waals surface area contributed by atoms with E-state index in [4.69, 9.17) is 9.52 Å². The number of hydrogen-bond donors (Lipinski definition) is 1. The number of amides is 1. The highest BCUT2D eigenvalue weighted by atomic mass is 79.9. The molecule has 0 radical (unpaired) electrons. The molecule has 0 aliphatic carbocycles. The van der Waals surface area contributed by atoms with Gasteiger partial charge < -0.3 is 14.4 Å². The molecule has 0 fully saturated rings. The maximum atomic E-state index is 12.0. The van der Waals surface area contributed by atoms with Crippen molar-refractivity contribution in [3.05, 3.63) is 22.6 Å². The molecule has 1 aromatic rings. The van der Waals surface area contributed by atoms with E-state index in [1.807, 2.05) is 0 Å². The number of nitrogens with zero attached hydrogens (tertiary/aromatic N) is 1. The van der Waals surface area contributed by atoms with Crippen molar-refractivity contribution < 1.29 is 14.3 Å². The van der Waals surface area contributed by atoms with Crippen LogP contribution in [0.15, 0.2) is 21.4 Å². The number of halogens is 1. The van der Waals surface area contributed by atoms with Crippen molar-refractivity contribution in [1.29, 1.82) is 0 Å². The van der Waals surface area contributed by atoms with Gasteiger partial charge in [-0.3, -0.25) is 4.79 Å². The van der Waals surface area contributed by atoms with Crippen molar-refractivity contribution in [3.63, 3.8) is 0 Å². The van der Waals surface area contributed by atoms with E-state index in [9.17, 15) is 4.79 Å². The minimum Gasteiger partial charge on any atom is -0.457 e. The van der Waals surface area contributed by atoms with Crippen molar-refractivity contribution in [1.82, 2.24) is 4.90 Å². The van der Waals surface area contributed by atoms with E-state index in [2.05, 4.69) is 15.9 Å². The summed E-state index contributed by atoms with van der Waals surface area (Å²) in [7, 11) is 1.65. The van der Waals surface area contributed by atoms with Gasteiger partial charge in [-0.1, -0.05) is 0 Å². The summed E-state index contributed by atoms with van der Waals surface area (Å²) in [4.78, 5) is 13.4. The molecule has 1 heterocycles. The minimum atomic E-state index is -0.589. The van der Waals surface area contributed by atoms with E-state index in [1.54, 1.807) is 27.0 Å². The molecule has 84 valence electrons. The lowest BCUT2D eigenvalue weighted by molar-refractivity contribution is 0.0471. The number of aliphatic hydroxyl groups excluding tert-OH is 1. The fraction of sp³-hybridized carbons (Fsp3) is 0.500. The van der Waals surface area contributed by atoms with Crippen molar-refractivity contribution in [3.8, 4) is 0 Å². The van der Waals surface area contributed by atoms with Crippen molar-refractivity contribution in [2.24, 2.45) is 0 Å². The summed E-state index contributed by atoms with van der Waals surface area (Å²) in [5, 5.41) is 9.15. The van der Waals surface area contributed by atoms with Gasteiger partial charge in [0.05, 0.1) is 24.0 Å². The summed E-state index contributed by atoms with van der Waals surface area (Å²) >= 11 is 3.15. The number of carbonyl (C=O) groups is 1. The standard InChI is InChI=1S/C10H14BrNO3/c1-10(2,6-13)12(3)9(14)7-4-5-15-8(7)11/h4-5,13H,6H2,1-3H3. The zero-order valence-corrected chi connectivity index (χ0v) is 10.5. The Bertz CT molecular complexity index is 359. The van der Waals surface area contributed by atoms with Crippen LogP contribution in [0.1, 0.15) is 24.2 Å². The number of rotatable bonds is 3. The maximum Gasteiger partial charge on any atom is 0.258 e. The van der Waals surface area contributed by atoms with Gasteiger partial charge in [0, 0.05) is 7.05 Å². The molecule has 1 amide bonds. The van der Waals surface area contributed by atoms with Gasteiger partial charge in [-0.05, 0) is 35.8 Å². The number of likely N-dealkylation sites (N-methyl/N-ethyl adjacent to an activating group) is 1. The van der Waals surface area contributed by atoms with Crippen LogP contribution in [0.5, 0.6) is 0 Å². The minimum absolute atomic E-state index is 0.0925. The van der Waals surface area contributed by atoms with E-state index in [-0.39, 0.29) is 12.5 Å². The average Bonchev–Trinajstić information content (AvgIpc) is 2.62. The molecule has 1 N–H and O–H groups in total. The molecular weight excluding hydrogens is 262 g/mol. The zero-order chi connectivity index (χ0) is 11.6. The first-order valence-electron chi connectivity index (χ1n) is 4.52. The normalized spacial score (nSPS) is 11.5. The largest absolute Gasteiger partial charge is 0.457 e. The van der Waals surface area contributed by atoms with E-state index in [0.717, 1.165) is 0 Å². The highest BCUT2D eigenvalue weighted by molar-refractivity contribution is 9.10. The number of carbonyl (C=O) groups excluding carboxylic acids is 1. The summed E-state index contributed by atoms with van der Waals surface area (Å²) in [6.07, 6.45) is 1.44. The lowest BCUT2D eigenvalue weighted by Crippen LogP contribution is -2.47. The molecule has 0 spiro atoms. The van der Waals surface area contributed by atoms with Crippen molar-refractivity contribution in [2.45, 2.75) is 19.4 Å². The molecule has 0 unspecified atom stereocenters. The van der Waals surface area contributed by atoms with Gasteiger partial charge >= 0.3 is 0 Å². The molecular formula is C10H14BrNO3. The molecule has 0 aromatic carbocycles. The van der Waals surface area contributed by atoms with Gasteiger partial charge in [-0.2, -0.15) is 0 Å². The van der Waals surface area contributed by atoms with E-state index >= 15 is 0 Å². The van der Waals surface area contributed by atoms with Crippen LogP contribution in [0, 0.1) is 0 Å². The molecule has 15 heavy (non-hydrogen) atoms. The molecule has 4 nitrogen and oxygen atoms in total. The summed E-state index contributed by atoms with van der Waals surface area (Å²) in [5.41, 5.74) is -0.132. The van der Waals surface area contributed by atoms with Crippen LogP contribution < -0.4 is 0 Å². The van der Waals surface area contributed by atoms with Crippen LogP contribution in [-0.2, 0) is 0 Å². The Balaban J connectivity index is 2.92. The van der Waals surface area contributed by atoms with Gasteiger partial charge in [0.2, 0.25) is 0 Å². The molecule has 1 aromatic heterocycles. The lowest BCUT2D eigenvalue weighted by Gasteiger charge is -2.33. The fourth-order valence-corrected chi connectivity index (χ4v) is 1.42. The second kappa shape index (κ2) is 4.37. The Kier molecular flexibility index (Phi) is 3.57. The van der Waals surface area contributed by atoms with Crippen LogP contribution in [0.2, 0.25) is 0 Å². The fourth-order valence-electron chi connectivity index (χ4n) is 1.01. The molecule has 1 rings (SSSR count).